The van der Waals surface area contributed by atoms with Gasteiger partial charge in [-0.2, -0.15) is 0 Å². The zero-order valence-corrected chi connectivity index (χ0v) is 11.8. The van der Waals surface area contributed by atoms with E-state index in [-0.39, 0.29) is 11.9 Å². The lowest BCUT2D eigenvalue weighted by Gasteiger charge is -2.36. The van der Waals surface area contributed by atoms with Crippen molar-refractivity contribution in [3.8, 4) is 0 Å². The minimum Gasteiger partial charge on any atom is -0.354 e. The van der Waals surface area contributed by atoms with Crippen molar-refractivity contribution >= 4 is 28.9 Å². The van der Waals surface area contributed by atoms with Crippen LogP contribution in [-0.4, -0.2) is 16.9 Å². The lowest BCUT2D eigenvalue weighted by Crippen LogP contribution is -2.45. The van der Waals surface area contributed by atoms with E-state index in [9.17, 15) is 4.79 Å². The summed E-state index contributed by atoms with van der Waals surface area (Å²) in [5.74, 6) is -0.0300. The molecule has 1 atom stereocenters. The smallest absolute Gasteiger partial charge is 0.246 e. The van der Waals surface area contributed by atoms with E-state index >= 15 is 0 Å². The number of hydrogen-bond donors (Lipinski definition) is 1. The fourth-order valence-electron chi connectivity index (χ4n) is 2.34. The van der Waals surface area contributed by atoms with Crippen molar-refractivity contribution in [2.45, 2.75) is 19.5 Å². The van der Waals surface area contributed by atoms with Crippen LogP contribution in [0.4, 0.5) is 11.4 Å². The van der Waals surface area contributed by atoms with Crippen LogP contribution in [0.1, 0.15) is 12.5 Å². The first-order valence-electron chi connectivity index (χ1n) is 6.42. The van der Waals surface area contributed by atoms with Crippen LogP contribution >= 0.6 is 11.6 Å². The van der Waals surface area contributed by atoms with Gasteiger partial charge in [-0.25, -0.2) is 4.98 Å². The maximum Gasteiger partial charge on any atom is 0.246 e. The molecule has 0 bridgehead atoms. The van der Waals surface area contributed by atoms with Gasteiger partial charge >= 0.3 is 0 Å². The van der Waals surface area contributed by atoms with Crippen molar-refractivity contribution in [1.82, 2.24) is 4.98 Å². The van der Waals surface area contributed by atoms with Crippen molar-refractivity contribution in [3.05, 3.63) is 53.3 Å². The zero-order chi connectivity index (χ0) is 14.1. The summed E-state index contributed by atoms with van der Waals surface area (Å²) in [4.78, 5) is 18.1. The third-order valence-electron chi connectivity index (χ3n) is 3.46. The van der Waals surface area contributed by atoms with Crippen molar-refractivity contribution in [1.29, 1.82) is 0 Å². The van der Waals surface area contributed by atoms with Crippen LogP contribution in [0.15, 0.2) is 42.6 Å². The predicted octanol–water partition coefficient (Wildman–Crippen LogP) is 3.08. The second-order valence-corrected chi connectivity index (χ2v) is 5.19. The van der Waals surface area contributed by atoms with Crippen molar-refractivity contribution in [2.75, 3.05) is 10.2 Å². The van der Waals surface area contributed by atoms with Crippen molar-refractivity contribution < 1.29 is 4.79 Å². The molecule has 0 saturated carbocycles. The van der Waals surface area contributed by atoms with Gasteiger partial charge in [-0.1, -0.05) is 41.9 Å². The quantitative estimate of drug-likeness (QED) is 0.864. The highest BCUT2D eigenvalue weighted by Crippen LogP contribution is 2.34. The highest BCUT2D eigenvalue weighted by atomic mass is 35.5. The Morgan fingerprint density at radius 1 is 1.35 bits per heavy atom. The molecule has 0 radical (unpaired) electrons. The summed E-state index contributed by atoms with van der Waals surface area (Å²) in [6.45, 7) is 2.54. The van der Waals surface area contributed by atoms with Crippen LogP contribution in [0.3, 0.4) is 0 Å². The van der Waals surface area contributed by atoms with E-state index in [0.717, 1.165) is 11.3 Å². The molecule has 0 aliphatic carbocycles. The molecule has 1 aromatic heterocycles. The molecule has 1 aliphatic rings. The third kappa shape index (κ3) is 2.34. The first-order chi connectivity index (χ1) is 9.65. The van der Waals surface area contributed by atoms with Crippen molar-refractivity contribution in [2.24, 2.45) is 0 Å². The number of amides is 1. The monoisotopic (exact) mass is 287 g/mol. The summed E-state index contributed by atoms with van der Waals surface area (Å²) in [5, 5.41) is 3.27. The Labute approximate surface area is 122 Å². The maximum absolute atomic E-state index is 12.0. The minimum absolute atomic E-state index is 0.0300. The van der Waals surface area contributed by atoms with E-state index in [1.807, 2.05) is 42.2 Å². The minimum atomic E-state index is -0.249. The molecule has 20 heavy (non-hydrogen) atoms. The maximum atomic E-state index is 12.0. The van der Waals surface area contributed by atoms with Gasteiger partial charge in [-0.15, -0.1) is 0 Å². The third-order valence-corrected chi connectivity index (χ3v) is 3.67. The summed E-state index contributed by atoms with van der Waals surface area (Å²) in [6, 6.07) is 11.6. The van der Waals surface area contributed by atoms with Crippen LogP contribution in [0.2, 0.25) is 5.15 Å². The summed E-state index contributed by atoms with van der Waals surface area (Å²) < 4.78 is 0. The first-order valence-corrected chi connectivity index (χ1v) is 6.80. The van der Waals surface area contributed by atoms with Gasteiger partial charge in [-0.3, -0.25) is 4.79 Å². The fraction of sp³-hybridized carbons (Fsp3) is 0.200. The molecule has 102 valence electrons. The average Bonchev–Trinajstić information content (AvgIpc) is 2.46. The first kappa shape index (κ1) is 12.9. The number of halogens is 1. The van der Waals surface area contributed by atoms with Gasteiger partial charge in [0.2, 0.25) is 5.91 Å². The lowest BCUT2D eigenvalue weighted by molar-refractivity contribution is -0.117. The van der Waals surface area contributed by atoms with Crippen LogP contribution in [0.5, 0.6) is 0 Å². The number of benzene rings is 1. The van der Waals surface area contributed by atoms with Gasteiger partial charge in [0.1, 0.15) is 11.2 Å². The summed E-state index contributed by atoms with van der Waals surface area (Å²) in [5.41, 5.74) is 2.75. The second kappa shape index (κ2) is 5.13. The molecule has 1 N–H and O–H groups in total. The van der Waals surface area contributed by atoms with Gasteiger partial charge < -0.3 is 10.2 Å². The van der Waals surface area contributed by atoms with Gasteiger partial charge in [0, 0.05) is 12.6 Å². The molecule has 4 nitrogen and oxygen atoms in total. The van der Waals surface area contributed by atoms with Crippen LogP contribution in [-0.2, 0) is 11.3 Å². The van der Waals surface area contributed by atoms with E-state index in [1.165, 1.54) is 0 Å². The molecule has 0 spiro atoms. The number of carbonyl (C=O) groups is 1. The van der Waals surface area contributed by atoms with Gasteiger partial charge in [-0.05, 0) is 12.5 Å². The number of aromatic nitrogens is 1. The highest BCUT2D eigenvalue weighted by molar-refractivity contribution is 6.29. The molecule has 1 aliphatic heterocycles. The van der Waals surface area contributed by atoms with Gasteiger partial charge in [0.25, 0.3) is 0 Å². The van der Waals surface area contributed by atoms with Crippen LogP contribution in [0.25, 0.3) is 0 Å². The topological polar surface area (TPSA) is 45.2 Å². The molecule has 1 unspecified atom stereocenters. The van der Waals surface area contributed by atoms with E-state index in [0.29, 0.717) is 17.4 Å². The van der Waals surface area contributed by atoms with E-state index < -0.39 is 0 Å². The Hall–Kier alpha value is -2.07. The lowest BCUT2D eigenvalue weighted by atomic mass is 10.1. The number of nitrogens with zero attached hydrogens (tertiary/aromatic N) is 2. The van der Waals surface area contributed by atoms with Crippen LogP contribution in [0, 0.1) is 0 Å². The predicted molar refractivity (Wildman–Crippen MR) is 80.0 cm³/mol. The Kier molecular flexibility index (Phi) is 3.32. The summed E-state index contributed by atoms with van der Waals surface area (Å²) >= 11 is 5.98. The molecular weight excluding hydrogens is 274 g/mol. The number of fused-ring (bicyclic) bond motifs is 1. The van der Waals surface area contributed by atoms with Gasteiger partial charge in [0.15, 0.2) is 0 Å². The zero-order valence-electron chi connectivity index (χ0n) is 11.0. The molecule has 2 aromatic rings. The van der Waals surface area contributed by atoms with E-state index in [1.54, 1.807) is 12.3 Å². The van der Waals surface area contributed by atoms with E-state index in [4.69, 9.17) is 11.6 Å². The number of carbonyl (C=O) groups excluding carboxylic acids is 1. The number of pyridine rings is 1. The Bertz CT molecular complexity index is 645. The molecule has 1 amide bonds. The molecule has 3 rings (SSSR count). The fourth-order valence-corrected chi connectivity index (χ4v) is 2.50. The Morgan fingerprint density at radius 2 is 2.10 bits per heavy atom. The molecular formula is C15H14ClN3O. The number of anilines is 2. The SMILES string of the molecule is CC1C(=O)Nc2cnc(Cl)cc2N1Cc1ccccc1. The second-order valence-electron chi connectivity index (χ2n) is 4.80. The Balaban J connectivity index is 2.00. The van der Waals surface area contributed by atoms with Crippen LogP contribution < -0.4 is 10.2 Å². The Morgan fingerprint density at radius 3 is 2.85 bits per heavy atom. The van der Waals surface area contributed by atoms with E-state index in [2.05, 4.69) is 10.3 Å². The number of nitrogens with one attached hydrogen (secondary N) is 1. The molecule has 0 saturated heterocycles. The standard InChI is InChI=1S/C15H14ClN3O/c1-10-15(20)18-12-8-17-14(16)7-13(12)19(10)9-11-5-3-2-4-6-11/h2-8,10H,9H2,1H3,(H,18,20). The number of rotatable bonds is 2. The van der Waals surface area contributed by atoms with Gasteiger partial charge in [0.05, 0.1) is 17.6 Å². The molecule has 2 heterocycles. The average molecular weight is 288 g/mol. The summed E-state index contributed by atoms with van der Waals surface area (Å²) in [6.07, 6.45) is 1.60. The molecule has 1 aromatic carbocycles. The number of hydrogen-bond acceptors (Lipinski definition) is 3. The van der Waals surface area contributed by atoms with Crippen molar-refractivity contribution in [3.63, 3.8) is 0 Å². The molecule has 5 heteroatoms. The largest absolute Gasteiger partial charge is 0.354 e. The summed E-state index contributed by atoms with van der Waals surface area (Å²) in [7, 11) is 0. The highest BCUT2D eigenvalue weighted by Gasteiger charge is 2.29. The normalized spacial score (nSPS) is 17.6. The molecule has 0 fully saturated rings.